The van der Waals surface area contributed by atoms with E-state index in [2.05, 4.69) is 0 Å². The Hall–Kier alpha value is -0.0800. The summed E-state index contributed by atoms with van der Waals surface area (Å²) in [5.41, 5.74) is 5.68. The second-order valence-corrected chi connectivity index (χ2v) is 4.29. The smallest absolute Gasteiger partial charge is 0.0603 e. The van der Waals surface area contributed by atoms with Crippen LogP contribution >= 0.6 is 0 Å². The van der Waals surface area contributed by atoms with E-state index >= 15 is 0 Å². The molecule has 2 heteroatoms. The van der Waals surface area contributed by atoms with Crippen LogP contribution in [0.5, 0.6) is 0 Å². The van der Waals surface area contributed by atoms with Gasteiger partial charge in [-0.3, -0.25) is 0 Å². The molecule has 0 aliphatic carbocycles. The molecule has 0 aromatic carbocycles. The molecule has 0 rings (SSSR count). The lowest BCUT2D eigenvalue weighted by molar-refractivity contribution is 0.0495. The number of hydrogen-bond acceptors (Lipinski definition) is 2. The minimum absolute atomic E-state index is 0.0349. The van der Waals surface area contributed by atoms with E-state index in [0.717, 1.165) is 6.42 Å². The van der Waals surface area contributed by atoms with Crippen LogP contribution in [0.1, 0.15) is 40.5 Å². The van der Waals surface area contributed by atoms with Crippen LogP contribution in [0.25, 0.3) is 0 Å². The van der Waals surface area contributed by atoms with Gasteiger partial charge in [0.05, 0.1) is 6.10 Å². The van der Waals surface area contributed by atoms with Gasteiger partial charge >= 0.3 is 0 Å². The van der Waals surface area contributed by atoms with Crippen LogP contribution in [-0.2, 0) is 0 Å². The average molecular weight is 159 g/mol. The van der Waals surface area contributed by atoms with Crippen LogP contribution in [0.3, 0.4) is 0 Å². The molecule has 0 radical (unpaired) electrons. The highest BCUT2D eigenvalue weighted by molar-refractivity contribution is 4.76. The minimum Gasteiger partial charge on any atom is -0.393 e. The Morgan fingerprint density at radius 2 is 1.82 bits per heavy atom. The van der Waals surface area contributed by atoms with E-state index in [1.54, 1.807) is 0 Å². The first kappa shape index (κ1) is 10.9. The first-order valence-corrected chi connectivity index (χ1v) is 4.31. The summed E-state index contributed by atoms with van der Waals surface area (Å²) in [6, 6.07) is 0.143. The molecule has 0 spiro atoms. The van der Waals surface area contributed by atoms with Gasteiger partial charge < -0.3 is 10.8 Å². The number of hydrogen-bond donors (Lipinski definition) is 2. The summed E-state index contributed by atoms with van der Waals surface area (Å²) in [4.78, 5) is 0. The SMILES string of the molecule is CC[C@@H](N)C[C@H](O)C(C)(C)C. The molecule has 0 fully saturated rings. The van der Waals surface area contributed by atoms with Crippen LogP contribution in [0.15, 0.2) is 0 Å². The summed E-state index contributed by atoms with van der Waals surface area (Å²) in [6.45, 7) is 8.13. The normalized spacial score (nSPS) is 18.0. The van der Waals surface area contributed by atoms with E-state index in [-0.39, 0.29) is 17.6 Å². The highest BCUT2D eigenvalue weighted by Gasteiger charge is 2.23. The van der Waals surface area contributed by atoms with Gasteiger partial charge in [0.2, 0.25) is 0 Å². The fraction of sp³-hybridized carbons (Fsp3) is 1.00. The molecule has 0 unspecified atom stereocenters. The zero-order valence-electron chi connectivity index (χ0n) is 8.09. The van der Waals surface area contributed by atoms with E-state index in [1.807, 2.05) is 27.7 Å². The first-order chi connectivity index (χ1) is 4.88. The molecule has 0 heterocycles. The lowest BCUT2D eigenvalue weighted by atomic mass is 9.85. The van der Waals surface area contributed by atoms with Crippen molar-refractivity contribution in [1.82, 2.24) is 0 Å². The number of rotatable bonds is 3. The zero-order chi connectivity index (χ0) is 9.07. The molecule has 11 heavy (non-hydrogen) atoms. The summed E-state index contributed by atoms with van der Waals surface area (Å²) in [5, 5.41) is 9.61. The number of aliphatic hydroxyl groups excluding tert-OH is 1. The molecule has 2 nitrogen and oxygen atoms in total. The molecule has 0 aliphatic heterocycles. The molecule has 0 amide bonds. The molecule has 0 saturated heterocycles. The van der Waals surface area contributed by atoms with Gasteiger partial charge in [-0.05, 0) is 18.3 Å². The predicted molar refractivity (Wildman–Crippen MR) is 48.3 cm³/mol. The van der Waals surface area contributed by atoms with Crippen molar-refractivity contribution in [2.24, 2.45) is 11.1 Å². The third kappa shape index (κ3) is 4.38. The van der Waals surface area contributed by atoms with Crippen molar-refractivity contribution in [2.45, 2.75) is 52.7 Å². The van der Waals surface area contributed by atoms with Crippen molar-refractivity contribution in [3.05, 3.63) is 0 Å². The minimum atomic E-state index is -0.280. The maximum Gasteiger partial charge on any atom is 0.0603 e. The Bertz CT molecular complexity index is 107. The summed E-state index contributed by atoms with van der Waals surface area (Å²) in [5.74, 6) is 0. The van der Waals surface area contributed by atoms with Gasteiger partial charge in [0.1, 0.15) is 0 Å². The Kier molecular flexibility index (Phi) is 4.04. The number of aliphatic hydroxyl groups is 1. The highest BCUT2D eigenvalue weighted by atomic mass is 16.3. The van der Waals surface area contributed by atoms with Crippen molar-refractivity contribution < 1.29 is 5.11 Å². The van der Waals surface area contributed by atoms with Crippen LogP contribution in [0, 0.1) is 5.41 Å². The van der Waals surface area contributed by atoms with E-state index in [4.69, 9.17) is 5.73 Å². The van der Waals surface area contributed by atoms with Gasteiger partial charge in [-0.2, -0.15) is 0 Å². The van der Waals surface area contributed by atoms with E-state index in [9.17, 15) is 5.11 Å². The Morgan fingerprint density at radius 1 is 1.36 bits per heavy atom. The maximum atomic E-state index is 9.61. The Labute approximate surface area is 69.8 Å². The molecular formula is C9H21NO. The second kappa shape index (κ2) is 4.07. The largest absolute Gasteiger partial charge is 0.393 e. The van der Waals surface area contributed by atoms with Gasteiger partial charge in [0.25, 0.3) is 0 Å². The van der Waals surface area contributed by atoms with Gasteiger partial charge in [-0.25, -0.2) is 0 Å². The van der Waals surface area contributed by atoms with Gasteiger partial charge in [0, 0.05) is 6.04 Å². The Balaban J connectivity index is 3.77. The first-order valence-electron chi connectivity index (χ1n) is 4.31. The summed E-state index contributed by atoms with van der Waals surface area (Å²) in [6.07, 6.45) is 1.37. The van der Waals surface area contributed by atoms with E-state index < -0.39 is 0 Å². The topological polar surface area (TPSA) is 46.2 Å². The van der Waals surface area contributed by atoms with E-state index in [1.165, 1.54) is 0 Å². The third-order valence-electron chi connectivity index (χ3n) is 2.05. The van der Waals surface area contributed by atoms with Gasteiger partial charge in [-0.15, -0.1) is 0 Å². The molecule has 68 valence electrons. The summed E-state index contributed by atoms with van der Waals surface area (Å²) in [7, 11) is 0. The molecule has 0 aliphatic rings. The van der Waals surface area contributed by atoms with E-state index in [0.29, 0.717) is 6.42 Å². The fourth-order valence-corrected chi connectivity index (χ4v) is 0.807. The molecule has 2 atom stereocenters. The van der Waals surface area contributed by atoms with Crippen LogP contribution < -0.4 is 5.73 Å². The molecular weight excluding hydrogens is 138 g/mol. The molecule has 0 saturated carbocycles. The highest BCUT2D eigenvalue weighted by Crippen LogP contribution is 2.22. The lowest BCUT2D eigenvalue weighted by Gasteiger charge is -2.27. The molecule has 0 bridgehead atoms. The Morgan fingerprint density at radius 3 is 2.09 bits per heavy atom. The molecule has 3 N–H and O–H groups in total. The van der Waals surface area contributed by atoms with Gasteiger partial charge in [0.15, 0.2) is 0 Å². The molecule has 0 aromatic heterocycles. The third-order valence-corrected chi connectivity index (χ3v) is 2.05. The average Bonchev–Trinajstić information content (AvgIpc) is 1.85. The summed E-state index contributed by atoms with van der Waals surface area (Å²) >= 11 is 0. The van der Waals surface area contributed by atoms with Crippen molar-refractivity contribution in [3.63, 3.8) is 0 Å². The fourth-order valence-electron chi connectivity index (χ4n) is 0.807. The van der Waals surface area contributed by atoms with Crippen LogP contribution in [-0.4, -0.2) is 17.3 Å². The zero-order valence-corrected chi connectivity index (χ0v) is 8.09. The van der Waals surface area contributed by atoms with Crippen LogP contribution in [0.2, 0.25) is 0 Å². The van der Waals surface area contributed by atoms with Crippen molar-refractivity contribution in [3.8, 4) is 0 Å². The van der Waals surface area contributed by atoms with Gasteiger partial charge in [-0.1, -0.05) is 27.7 Å². The monoisotopic (exact) mass is 159 g/mol. The van der Waals surface area contributed by atoms with Crippen molar-refractivity contribution in [1.29, 1.82) is 0 Å². The van der Waals surface area contributed by atoms with Crippen molar-refractivity contribution in [2.75, 3.05) is 0 Å². The molecule has 0 aromatic rings. The lowest BCUT2D eigenvalue weighted by Crippen LogP contribution is -2.33. The van der Waals surface area contributed by atoms with Crippen molar-refractivity contribution >= 4 is 0 Å². The standard InChI is InChI=1S/C9H21NO/c1-5-7(10)6-8(11)9(2,3)4/h7-8,11H,5-6,10H2,1-4H3/t7-,8+/m1/s1. The van der Waals surface area contributed by atoms with Crippen LogP contribution in [0.4, 0.5) is 0 Å². The quantitative estimate of drug-likeness (QED) is 0.656. The maximum absolute atomic E-state index is 9.61. The second-order valence-electron chi connectivity index (χ2n) is 4.29. The number of nitrogens with two attached hydrogens (primary N) is 1. The predicted octanol–water partition coefficient (Wildman–Crippen LogP) is 1.52. The summed E-state index contributed by atoms with van der Waals surface area (Å²) < 4.78 is 0.